The lowest BCUT2D eigenvalue weighted by molar-refractivity contribution is 0.102. The van der Waals surface area contributed by atoms with Crippen molar-refractivity contribution in [2.75, 3.05) is 28.6 Å². The Hall–Kier alpha value is -2.12. The first-order valence-corrected chi connectivity index (χ1v) is 11.6. The lowest BCUT2D eigenvalue weighted by Gasteiger charge is -2.12. The van der Waals surface area contributed by atoms with E-state index in [2.05, 4.69) is 16.0 Å². The average Bonchev–Trinajstić information content (AvgIpc) is 2.60. The fraction of sp³-hybridized carbons (Fsp3) is 0.176. The summed E-state index contributed by atoms with van der Waals surface area (Å²) in [6, 6.07) is 9.02. The summed E-state index contributed by atoms with van der Waals surface area (Å²) < 4.78 is 23.3. The normalized spacial score (nSPS) is 10.8. The number of anilines is 2. The maximum absolute atomic E-state index is 12.6. The minimum Gasteiger partial charge on any atom is -0.376 e. The van der Waals surface area contributed by atoms with Crippen LogP contribution in [0.2, 0.25) is 10.0 Å². The quantitative estimate of drug-likeness (QED) is 0.238. The first-order valence-electron chi connectivity index (χ1n) is 7.76. The Labute approximate surface area is 177 Å². The second-order valence-corrected chi connectivity index (χ2v) is 9.34. The molecule has 0 heterocycles. The monoisotopic (exact) mass is 458 g/mol. The standard InChI is InChI=1S/C17H16Cl2N4O3S2/c1-28(25,26)13-4-2-3-11(5-13)23-17(24)16-14(18)6-12(7-15(16)19)22-10-27-9-21-8-20/h2-7,21-22H,9-10H2,1H3,(H,23,24). The van der Waals surface area contributed by atoms with Gasteiger partial charge in [-0.15, -0.1) is 11.8 Å². The summed E-state index contributed by atoms with van der Waals surface area (Å²) in [6.45, 7) is 0. The van der Waals surface area contributed by atoms with Crippen molar-refractivity contribution >= 4 is 62.1 Å². The molecule has 0 radical (unpaired) electrons. The topological polar surface area (TPSA) is 111 Å². The molecule has 0 aliphatic carbocycles. The first-order chi connectivity index (χ1) is 13.2. The van der Waals surface area contributed by atoms with E-state index in [1.807, 2.05) is 6.19 Å². The minimum absolute atomic E-state index is 0.0810. The summed E-state index contributed by atoms with van der Waals surface area (Å²) in [5.74, 6) is 0.406. The van der Waals surface area contributed by atoms with Crippen LogP contribution in [0.25, 0.3) is 0 Å². The van der Waals surface area contributed by atoms with Crippen LogP contribution in [0.3, 0.4) is 0 Å². The number of halogens is 2. The fourth-order valence-electron chi connectivity index (χ4n) is 2.16. The average molecular weight is 459 g/mol. The zero-order chi connectivity index (χ0) is 20.7. The highest BCUT2D eigenvalue weighted by molar-refractivity contribution is 7.99. The van der Waals surface area contributed by atoms with Gasteiger partial charge in [-0.25, -0.2) is 8.42 Å². The second-order valence-electron chi connectivity index (χ2n) is 5.53. The third-order valence-electron chi connectivity index (χ3n) is 3.42. The number of carbonyl (C=O) groups is 1. The number of carbonyl (C=O) groups excluding carboxylic acids is 1. The van der Waals surface area contributed by atoms with Crippen LogP contribution < -0.4 is 16.0 Å². The molecule has 11 heteroatoms. The van der Waals surface area contributed by atoms with Crippen LogP contribution in [0.1, 0.15) is 10.4 Å². The summed E-state index contributed by atoms with van der Waals surface area (Å²) >= 11 is 13.9. The predicted molar refractivity (Wildman–Crippen MR) is 114 cm³/mol. The number of hydrogen-bond donors (Lipinski definition) is 3. The van der Waals surface area contributed by atoms with E-state index in [1.165, 1.54) is 30.0 Å². The molecule has 0 aromatic heterocycles. The molecule has 0 atom stereocenters. The van der Waals surface area contributed by atoms with E-state index in [1.54, 1.807) is 18.2 Å². The molecule has 148 valence electrons. The molecule has 0 aliphatic rings. The van der Waals surface area contributed by atoms with Gasteiger partial charge >= 0.3 is 0 Å². The molecule has 0 aliphatic heterocycles. The van der Waals surface area contributed by atoms with Crippen molar-refractivity contribution in [2.45, 2.75) is 4.90 Å². The van der Waals surface area contributed by atoms with Gasteiger partial charge in [0.15, 0.2) is 16.0 Å². The number of thioether (sulfide) groups is 1. The van der Waals surface area contributed by atoms with E-state index >= 15 is 0 Å². The SMILES string of the molecule is CS(=O)(=O)c1cccc(NC(=O)c2c(Cl)cc(NCSCNC#N)cc2Cl)c1. The van der Waals surface area contributed by atoms with E-state index in [4.69, 9.17) is 28.5 Å². The Morgan fingerprint density at radius 2 is 1.82 bits per heavy atom. The minimum atomic E-state index is -3.40. The van der Waals surface area contributed by atoms with Crippen molar-refractivity contribution in [1.82, 2.24) is 5.32 Å². The van der Waals surface area contributed by atoms with Crippen LogP contribution in [0.4, 0.5) is 11.4 Å². The number of hydrogen-bond acceptors (Lipinski definition) is 7. The van der Waals surface area contributed by atoms with E-state index in [-0.39, 0.29) is 20.5 Å². The molecule has 0 saturated heterocycles. The molecule has 7 nitrogen and oxygen atoms in total. The Kier molecular flexibility index (Phi) is 7.83. The number of nitriles is 1. The highest BCUT2D eigenvalue weighted by atomic mass is 35.5. The van der Waals surface area contributed by atoms with Crippen molar-refractivity contribution in [3.05, 3.63) is 52.0 Å². The number of nitrogens with one attached hydrogen (secondary N) is 3. The molecule has 3 N–H and O–H groups in total. The van der Waals surface area contributed by atoms with Crippen LogP contribution in [-0.4, -0.2) is 32.3 Å². The molecule has 1 amide bonds. The molecule has 0 bridgehead atoms. The van der Waals surface area contributed by atoms with E-state index < -0.39 is 15.7 Å². The lowest BCUT2D eigenvalue weighted by atomic mass is 10.1. The van der Waals surface area contributed by atoms with Gasteiger partial charge in [-0.2, -0.15) is 5.26 Å². The molecular formula is C17H16Cl2N4O3S2. The highest BCUT2D eigenvalue weighted by Crippen LogP contribution is 2.30. The van der Waals surface area contributed by atoms with Gasteiger partial charge in [-0.05, 0) is 30.3 Å². The van der Waals surface area contributed by atoms with Gasteiger partial charge in [0, 0.05) is 17.6 Å². The summed E-state index contributed by atoms with van der Waals surface area (Å²) in [4.78, 5) is 12.7. The van der Waals surface area contributed by atoms with Crippen molar-refractivity contribution in [3.8, 4) is 6.19 Å². The second kappa shape index (κ2) is 9.89. The smallest absolute Gasteiger partial charge is 0.258 e. The molecule has 2 aromatic rings. The van der Waals surface area contributed by atoms with Crippen molar-refractivity contribution in [2.24, 2.45) is 0 Å². The van der Waals surface area contributed by atoms with Crippen LogP contribution in [0.5, 0.6) is 0 Å². The highest BCUT2D eigenvalue weighted by Gasteiger charge is 2.17. The number of sulfone groups is 1. The van der Waals surface area contributed by atoms with Crippen LogP contribution in [-0.2, 0) is 9.84 Å². The number of rotatable bonds is 8. The van der Waals surface area contributed by atoms with E-state index in [0.29, 0.717) is 23.1 Å². The zero-order valence-electron chi connectivity index (χ0n) is 14.6. The molecular weight excluding hydrogens is 443 g/mol. The summed E-state index contributed by atoms with van der Waals surface area (Å²) in [5.41, 5.74) is 1.01. The van der Waals surface area contributed by atoms with E-state index in [0.717, 1.165) is 6.26 Å². The van der Waals surface area contributed by atoms with Gasteiger partial charge < -0.3 is 16.0 Å². The summed E-state index contributed by atoms with van der Waals surface area (Å²) in [7, 11) is -3.40. The molecule has 28 heavy (non-hydrogen) atoms. The maximum Gasteiger partial charge on any atom is 0.258 e. The Morgan fingerprint density at radius 3 is 2.43 bits per heavy atom. The van der Waals surface area contributed by atoms with Crippen LogP contribution >= 0.6 is 35.0 Å². The van der Waals surface area contributed by atoms with Crippen LogP contribution in [0, 0.1) is 11.5 Å². The van der Waals surface area contributed by atoms with Crippen molar-refractivity contribution < 1.29 is 13.2 Å². The van der Waals surface area contributed by atoms with Gasteiger partial charge in [0.1, 0.15) is 0 Å². The van der Waals surface area contributed by atoms with Gasteiger partial charge in [0.25, 0.3) is 5.91 Å². The molecule has 2 rings (SSSR count). The summed E-state index contributed by atoms with van der Waals surface area (Å²) in [6.07, 6.45) is 2.90. The largest absolute Gasteiger partial charge is 0.376 e. The zero-order valence-corrected chi connectivity index (χ0v) is 17.8. The Balaban J connectivity index is 2.13. The molecule has 0 fully saturated rings. The number of nitrogens with zero attached hydrogens (tertiary/aromatic N) is 1. The third kappa shape index (κ3) is 6.21. The fourth-order valence-corrected chi connectivity index (χ4v) is 4.02. The van der Waals surface area contributed by atoms with Crippen LogP contribution in [0.15, 0.2) is 41.3 Å². The van der Waals surface area contributed by atoms with Gasteiger partial charge in [-0.1, -0.05) is 29.3 Å². The van der Waals surface area contributed by atoms with E-state index in [9.17, 15) is 13.2 Å². The molecule has 0 spiro atoms. The molecule has 2 aromatic carbocycles. The van der Waals surface area contributed by atoms with Crippen molar-refractivity contribution in [3.63, 3.8) is 0 Å². The molecule has 0 unspecified atom stereocenters. The van der Waals surface area contributed by atoms with Gasteiger partial charge in [0.2, 0.25) is 0 Å². The predicted octanol–water partition coefficient (Wildman–Crippen LogP) is 3.78. The Morgan fingerprint density at radius 1 is 1.14 bits per heavy atom. The molecule has 0 saturated carbocycles. The number of benzene rings is 2. The summed E-state index contributed by atoms with van der Waals surface area (Å²) in [5, 5.41) is 16.9. The van der Waals surface area contributed by atoms with Crippen molar-refractivity contribution in [1.29, 1.82) is 5.26 Å². The maximum atomic E-state index is 12.6. The third-order valence-corrected chi connectivity index (χ3v) is 5.82. The Bertz CT molecular complexity index is 1000. The van der Waals surface area contributed by atoms with Gasteiger partial charge in [0.05, 0.1) is 32.3 Å². The van der Waals surface area contributed by atoms with Gasteiger partial charge in [-0.3, -0.25) is 4.79 Å². The lowest BCUT2D eigenvalue weighted by Crippen LogP contribution is -2.14. The number of amides is 1. The first kappa shape index (κ1) is 22.2.